The number of hydrogen-bond donors (Lipinski definition) is 0. The van der Waals surface area contributed by atoms with Gasteiger partial charge in [0.2, 0.25) is 0 Å². The first-order chi connectivity index (χ1) is 3.30. The molecule has 0 amide bonds. The highest BCUT2D eigenvalue weighted by atomic mass is 79.9. The van der Waals surface area contributed by atoms with Crippen LogP contribution in [-0.4, -0.2) is 5.75 Å². The summed E-state index contributed by atoms with van der Waals surface area (Å²) in [6, 6.07) is 0. The summed E-state index contributed by atoms with van der Waals surface area (Å²) in [6.07, 6.45) is 1.27. The van der Waals surface area contributed by atoms with E-state index in [9.17, 15) is 0 Å². The van der Waals surface area contributed by atoms with Crippen LogP contribution < -0.4 is 0 Å². The van der Waals surface area contributed by atoms with E-state index in [1.165, 1.54) is 21.6 Å². The van der Waals surface area contributed by atoms with Gasteiger partial charge in [-0.15, -0.1) is 11.8 Å². The summed E-state index contributed by atoms with van der Waals surface area (Å²) in [5.74, 6) is 1.27. The first kappa shape index (κ1) is 5.70. The van der Waals surface area contributed by atoms with E-state index in [-0.39, 0.29) is 0 Å². The normalized spacial score (nSPS) is 21.4. The number of hydrogen-bond acceptors (Lipinski definition) is 1. The Hall–Kier alpha value is 0.570. The summed E-state index contributed by atoms with van der Waals surface area (Å²) in [4.78, 5) is 0. The molecule has 1 rings (SSSR count). The van der Waals surface area contributed by atoms with Crippen LogP contribution in [0.2, 0.25) is 0 Å². The molecule has 1 heterocycles. The highest BCUT2D eigenvalue weighted by molar-refractivity contribution is 9.14. The molecule has 40 valence electrons. The van der Waals surface area contributed by atoms with Crippen LogP contribution in [0.25, 0.3) is 0 Å². The standard InChI is InChI=1S/C5H7BrS/c1-4-2-3-7-5(4)6/h2-3H2,1H3. The highest BCUT2D eigenvalue weighted by Crippen LogP contribution is 2.34. The van der Waals surface area contributed by atoms with Crippen LogP contribution in [0.15, 0.2) is 9.39 Å². The van der Waals surface area contributed by atoms with Gasteiger partial charge in [-0.2, -0.15) is 0 Å². The Kier molecular flexibility index (Phi) is 1.81. The molecule has 0 nitrogen and oxygen atoms in total. The smallest absolute Gasteiger partial charge is 0.0492 e. The lowest BCUT2D eigenvalue weighted by Crippen LogP contribution is -1.66. The predicted octanol–water partition coefficient (Wildman–Crippen LogP) is 2.75. The van der Waals surface area contributed by atoms with Gasteiger partial charge in [0, 0.05) is 9.57 Å². The lowest BCUT2D eigenvalue weighted by Gasteiger charge is -1.83. The number of allylic oxidation sites excluding steroid dienone is 1. The van der Waals surface area contributed by atoms with Gasteiger partial charge in [-0.25, -0.2) is 0 Å². The van der Waals surface area contributed by atoms with Gasteiger partial charge in [-0.05, 0) is 29.3 Å². The zero-order valence-electron chi connectivity index (χ0n) is 4.20. The summed E-state index contributed by atoms with van der Waals surface area (Å²) in [6.45, 7) is 2.17. The van der Waals surface area contributed by atoms with E-state index in [1.807, 2.05) is 11.8 Å². The van der Waals surface area contributed by atoms with E-state index in [0.29, 0.717) is 0 Å². The second kappa shape index (κ2) is 2.23. The van der Waals surface area contributed by atoms with Crippen molar-refractivity contribution in [3.63, 3.8) is 0 Å². The molecular weight excluding hydrogens is 172 g/mol. The van der Waals surface area contributed by atoms with Crippen molar-refractivity contribution >= 4 is 27.7 Å². The minimum atomic E-state index is 1.27. The maximum Gasteiger partial charge on any atom is 0.0492 e. The van der Waals surface area contributed by atoms with Crippen LogP contribution >= 0.6 is 27.7 Å². The third-order valence-corrected chi connectivity index (χ3v) is 3.42. The van der Waals surface area contributed by atoms with Crippen molar-refractivity contribution in [1.29, 1.82) is 0 Å². The van der Waals surface area contributed by atoms with Crippen LogP contribution in [0.3, 0.4) is 0 Å². The molecule has 0 aromatic carbocycles. The molecule has 0 fully saturated rings. The van der Waals surface area contributed by atoms with Crippen LogP contribution in [0, 0.1) is 0 Å². The highest BCUT2D eigenvalue weighted by Gasteiger charge is 2.06. The van der Waals surface area contributed by atoms with Gasteiger partial charge in [0.05, 0.1) is 0 Å². The second-order valence-corrected chi connectivity index (χ2v) is 4.08. The van der Waals surface area contributed by atoms with Crippen LogP contribution in [-0.2, 0) is 0 Å². The minimum Gasteiger partial charge on any atom is -0.118 e. The third-order valence-electron chi connectivity index (χ3n) is 1.04. The van der Waals surface area contributed by atoms with E-state index >= 15 is 0 Å². The number of halogens is 1. The van der Waals surface area contributed by atoms with Crippen molar-refractivity contribution in [3.05, 3.63) is 9.39 Å². The fraction of sp³-hybridized carbons (Fsp3) is 0.600. The van der Waals surface area contributed by atoms with Gasteiger partial charge in [0.15, 0.2) is 0 Å². The Labute approximate surface area is 56.5 Å². The fourth-order valence-corrected chi connectivity index (χ4v) is 2.13. The van der Waals surface area contributed by atoms with E-state index in [2.05, 4.69) is 22.9 Å². The van der Waals surface area contributed by atoms with Gasteiger partial charge in [0.25, 0.3) is 0 Å². The van der Waals surface area contributed by atoms with E-state index in [1.54, 1.807) is 0 Å². The number of thioether (sulfide) groups is 1. The molecule has 0 bridgehead atoms. The molecule has 0 aromatic heterocycles. The Morgan fingerprint density at radius 1 is 1.71 bits per heavy atom. The quantitative estimate of drug-likeness (QED) is 0.550. The van der Waals surface area contributed by atoms with Crippen LogP contribution in [0.5, 0.6) is 0 Å². The monoisotopic (exact) mass is 178 g/mol. The first-order valence-corrected chi connectivity index (χ1v) is 4.06. The minimum absolute atomic E-state index is 1.27. The average molecular weight is 179 g/mol. The van der Waals surface area contributed by atoms with E-state index < -0.39 is 0 Å². The molecule has 0 atom stereocenters. The molecule has 1 aliphatic rings. The van der Waals surface area contributed by atoms with E-state index in [4.69, 9.17) is 0 Å². The van der Waals surface area contributed by atoms with Crippen molar-refractivity contribution in [3.8, 4) is 0 Å². The summed E-state index contributed by atoms with van der Waals surface area (Å²) < 4.78 is 1.35. The van der Waals surface area contributed by atoms with Crippen LogP contribution in [0.1, 0.15) is 13.3 Å². The van der Waals surface area contributed by atoms with Crippen molar-refractivity contribution in [2.75, 3.05) is 5.75 Å². The zero-order valence-corrected chi connectivity index (χ0v) is 6.60. The largest absolute Gasteiger partial charge is 0.118 e. The van der Waals surface area contributed by atoms with Crippen molar-refractivity contribution in [1.82, 2.24) is 0 Å². The fourth-order valence-electron chi connectivity index (χ4n) is 0.515. The molecular formula is C5H7BrS. The molecule has 1 aliphatic heterocycles. The molecule has 2 heteroatoms. The third kappa shape index (κ3) is 1.23. The molecule has 0 spiro atoms. The maximum atomic E-state index is 3.45. The average Bonchev–Trinajstić information content (AvgIpc) is 1.91. The summed E-state index contributed by atoms with van der Waals surface area (Å²) >= 11 is 5.35. The Bertz CT molecular complexity index is 94.6. The molecule has 0 saturated carbocycles. The molecule has 0 aromatic rings. The molecule has 0 unspecified atom stereocenters. The molecule has 0 aliphatic carbocycles. The van der Waals surface area contributed by atoms with Crippen LogP contribution in [0.4, 0.5) is 0 Å². The molecule has 7 heavy (non-hydrogen) atoms. The van der Waals surface area contributed by atoms with Crippen molar-refractivity contribution in [2.45, 2.75) is 13.3 Å². The topological polar surface area (TPSA) is 0 Å². The van der Waals surface area contributed by atoms with Crippen molar-refractivity contribution < 1.29 is 0 Å². The van der Waals surface area contributed by atoms with Gasteiger partial charge in [-0.1, -0.05) is 5.57 Å². The molecule has 0 N–H and O–H groups in total. The SMILES string of the molecule is CC1=C(Br)SCC1. The predicted molar refractivity (Wildman–Crippen MR) is 38.7 cm³/mol. The van der Waals surface area contributed by atoms with Crippen molar-refractivity contribution in [2.24, 2.45) is 0 Å². The zero-order chi connectivity index (χ0) is 5.28. The molecule has 0 saturated heterocycles. The van der Waals surface area contributed by atoms with Gasteiger partial charge in [0.1, 0.15) is 0 Å². The maximum absolute atomic E-state index is 3.45. The Morgan fingerprint density at radius 2 is 2.43 bits per heavy atom. The van der Waals surface area contributed by atoms with Gasteiger partial charge < -0.3 is 0 Å². The summed E-state index contributed by atoms with van der Waals surface area (Å²) in [5, 5.41) is 0. The lowest BCUT2D eigenvalue weighted by molar-refractivity contribution is 1.14. The van der Waals surface area contributed by atoms with Gasteiger partial charge >= 0.3 is 0 Å². The first-order valence-electron chi connectivity index (χ1n) is 2.29. The Balaban J connectivity index is 2.64. The summed E-state index contributed by atoms with van der Waals surface area (Å²) in [7, 11) is 0. The van der Waals surface area contributed by atoms with Gasteiger partial charge in [-0.3, -0.25) is 0 Å². The summed E-state index contributed by atoms with van der Waals surface area (Å²) in [5.41, 5.74) is 1.50. The molecule has 0 radical (unpaired) electrons. The second-order valence-electron chi connectivity index (χ2n) is 1.65. The lowest BCUT2D eigenvalue weighted by atomic mass is 10.3. The Morgan fingerprint density at radius 3 is 2.57 bits per heavy atom. The number of rotatable bonds is 0. The van der Waals surface area contributed by atoms with E-state index in [0.717, 1.165) is 0 Å².